The van der Waals surface area contributed by atoms with Crippen LogP contribution >= 0.6 is 35.0 Å². The highest BCUT2D eigenvalue weighted by molar-refractivity contribution is 8.02. The molecule has 1 aromatic rings. The summed E-state index contributed by atoms with van der Waals surface area (Å²) in [5.74, 6) is -0.552. The fourth-order valence-electron chi connectivity index (χ4n) is 3.65. The van der Waals surface area contributed by atoms with Gasteiger partial charge in [0.15, 0.2) is 0 Å². The van der Waals surface area contributed by atoms with Crippen molar-refractivity contribution < 1.29 is 4.79 Å². The van der Waals surface area contributed by atoms with Crippen molar-refractivity contribution in [3.63, 3.8) is 0 Å². The third-order valence-electron chi connectivity index (χ3n) is 4.88. The van der Waals surface area contributed by atoms with Crippen LogP contribution in [-0.4, -0.2) is 5.91 Å². The molecule has 1 N–H and O–H groups in total. The molecule has 128 valence electrons. The van der Waals surface area contributed by atoms with Crippen molar-refractivity contribution in [3.8, 4) is 12.1 Å². The Balaban J connectivity index is 1.92. The van der Waals surface area contributed by atoms with Crippen molar-refractivity contribution in [2.75, 3.05) is 0 Å². The number of nitrogens with zero attached hydrogens (tertiary/aromatic N) is 2. The third kappa shape index (κ3) is 3.25. The van der Waals surface area contributed by atoms with Crippen LogP contribution in [0.3, 0.4) is 0 Å². The lowest BCUT2D eigenvalue weighted by Crippen LogP contribution is -2.46. The minimum Gasteiger partial charge on any atom is -0.319 e. The molecule has 0 saturated heterocycles. The van der Waals surface area contributed by atoms with Gasteiger partial charge in [-0.25, -0.2) is 0 Å². The molecule has 1 heterocycles. The van der Waals surface area contributed by atoms with Crippen LogP contribution in [0, 0.1) is 34.0 Å². The Morgan fingerprint density at radius 2 is 1.96 bits per heavy atom. The minimum atomic E-state index is -0.793. The molecule has 25 heavy (non-hydrogen) atoms. The Hall–Kier alpha value is -1.66. The van der Waals surface area contributed by atoms with E-state index in [-0.39, 0.29) is 5.91 Å². The van der Waals surface area contributed by atoms with Crippen LogP contribution in [0.1, 0.15) is 31.2 Å². The van der Waals surface area contributed by atoms with Gasteiger partial charge in [0, 0.05) is 11.2 Å². The number of carbonyl (C=O) groups excluding carboxylic acids is 1. The summed E-state index contributed by atoms with van der Waals surface area (Å²) in [6.45, 7) is 0. The second kappa shape index (κ2) is 7.30. The molecule has 1 spiro atoms. The zero-order chi connectivity index (χ0) is 18.0. The second-order valence-corrected chi connectivity index (χ2v) is 8.07. The molecule has 1 aliphatic carbocycles. The number of thioether (sulfide) groups is 1. The Bertz CT molecular complexity index is 832. The fourth-order valence-corrected chi connectivity index (χ4v) is 5.03. The standard InChI is InChI=1S/C18H15Cl2N3OS/c19-14-4-3-11(7-15(14)20)10-25-17-13(9-22)18(5-1-2-6-18)12(8-21)16(24)23-17/h3-4,7,12H,1-2,5-6,10H2,(H,23,24)/t12-/m1/s1. The summed E-state index contributed by atoms with van der Waals surface area (Å²) in [7, 11) is 0. The van der Waals surface area contributed by atoms with E-state index in [1.165, 1.54) is 11.8 Å². The van der Waals surface area contributed by atoms with E-state index in [4.69, 9.17) is 23.2 Å². The summed E-state index contributed by atoms with van der Waals surface area (Å²) < 4.78 is 0. The summed E-state index contributed by atoms with van der Waals surface area (Å²) in [5.41, 5.74) is 0.855. The van der Waals surface area contributed by atoms with E-state index in [0.29, 0.717) is 39.2 Å². The van der Waals surface area contributed by atoms with E-state index in [1.807, 2.05) is 6.07 Å². The summed E-state index contributed by atoms with van der Waals surface area (Å²) in [5, 5.41) is 23.5. The highest BCUT2D eigenvalue weighted by atomic mass is 35.5. The van der Waals surface area contributed by atoms with Gasteiger partial charge in [0.25, 0.3) is 0 Å². The molecule has 1 amide bonds. The molecule has 0 radical (unpaired) electrons. The van der Waals surface area contributed by atoms with Gasteiger partial charge in [-0.3, -0.25) is 4.79 Å². The van der Waals surface area contributed by atoms with Crippen molar-refractivity contribution in [2.24, 2.45) is 11.3 Å². The number of carbonyl (C=O) groups is 1. The van der Waals surface area contributed by atoms with Crippen LogP contribution in [0.25, 0.3) is 0 Å². The average Bonchev–Trinajstić information content (AvgIpc) is 3.06. The van der Waals surface area contributed by atoms with Gasteiger partial charge in [-0.1, -0.05) is 42.1 Å². The number of nitrogens with one attached hydrogen (secondary N) is 1. The monoisotopic (exact) mass is 391 g/mol. The Kier molecular flexibility index (Phi) is 5.29. The zero-order valence-electron chi connectivity index (χ0n) is 13.3. The zero-order valence-corrected chi connectivity index (χ0v) is 15.6. The van der Waals surface area contributed by atoms with E-state index in [1.54, 1.807) is 12.1 Å². The van der Waals surface area contributed by atoms with E-state index < -0.39 is 11.3 Å². The Morgan fingerprint density at radius 3 is 2.56 bits per heavy atom. The van der Waals surface area contributed by atoms with Gasteiger partial charge in [0.05, 0.1) is 32.8 Å². The molecule has 0 bridgehead atoms. The van der Waals surface area contributed by atoms with Crippen LogP contribution in [0.15, 0.2) is 28.8 Å². The Labute approximate surface area is 160 Å². The van der Waals surface area contributed by atoms with Crippen LogP contribution in [0.5, 0.6) is 0 Å². The summed E-state index contributed by atoms with van der Waals surface area (Å²) >= 11 is 13.4. The molecular formula is C18H15Cl2N3OS. The number of allylic oxidation sites excluding steroid dienone is 1. The summed E-state index contributed by atoms with van der Waals surface area (Å²) in [4.78, 5) is 12.4. The molecule has 0 unspecified atom stereocenters. The molecule has 1 aliphatic heterocycles. The van der Waals surface area contributed by atoms with Crippen molar-refractivity contribution in [3.05, 3.63) is 44.4 Å². The maximum atomic E-state index is 12.4. The van der Waals surface area contributed by atoms with E-state index >= 15 is 0 Å². The van der Waals surface area contributed by atoms with Crippen LogP contribution in [-0.2, 0) is 10.5 Å². The van der Waals surface area contributed by atoms with Crippen molar-refractivity contribution in [1.29, 1.82) is 10.5 Å². The van der Waals surface area contributed by atoms with Crippen molar-refractivity contribution in [1.82, 2.24) is 5.32 Å². The number of rotatable bonds is 3. The average molecular weight is 392 g/mol. The number of hydrogen-bond acceptors (Lipinski definition) is 4. The highest BCUT2D eigenvalue weighted by Crippen LogP contribution is 2.53. The first-order valence-electron chi connectivity index (χ1n) is 7.94. The molecule has 1 saturated carbocycles. The van der Waals surface area contributed by atoms with Gasteiger partial charge < -0.3 is 5.32 Å². The van der Waals surface area contributed by atoms with Crippen molar-refractivity contribution in [2.45, 2.75) is 31.4 Å². The van der Waals surface area contributed by atoms with Gasteiger partial charge in [-0.05, 0) is 30.5 Å². The topological polar surface area (TPSA) is 76.7 Å². The lowest BCUT2D eigenvalue weighted by Gasteiger charge is -2.37. The normalized spacial score (nSPS) is 21.8. The maximum absolute atomic E-state index is 12.4. The van der Waals surface area contributed by atoms with Crippen molar-refractivity contribution >= 4 is 40.9 Å². The smallest absolute Gasteiger partial charge is 0.243 e. The quantitative estimate of drug-likeness (QED) is 0.802. The van der Waals surface area contributed by atoms with E-state index in [0.717, 1.165) is 18.4 Å². The lowest BCUT2D eigenvalue weighted by atomic mass is 9.67. The van der Waals surface area contributed by atoms with E-state index in [2.05, 4.69) is 17.5 Å². The molecule has 1 atom stereocenters. The predicted molar refractivity (Wildman–Crippen MR) is 98.5 cm³/mol. The predicted octanol–water partition coefficient (Wildman–Crippen LogP) is 4.79. The minimum absolute atomic E-state index is 0.306. The van der Waals surface area contributed by atoms with E-state index in [9.17, 15) is 15.3 Å². The third-order valence-corrected chi connectivity index (χ3v) is 6.69. The fraction of sp³-hybridized carbons (Fsp3) is 0.389. The molecule has 1 fully saturated rings. The lowest BCUT2D eigenvalue weighted by molar-refractivity contribution is -0.126. The molecule has 4 nitrogen and oxygen atoms in total. The SMILES string of the molecule is N#CC1=C(SCc2ccc(Cl)c(Cl)c2)NC(=O)[C@@H](C#N)C12CCCC2. The molecule has 7 heteroatoms. The number of benzene rings is 1. The van der Waals surface area contributed by atoms with Crippen LogP contribution < -0.4 is 5.32 Å². The molecule has 0 aromatic heterocycles. The molecular weight excluding hydrogens is 377 g/mol. The highest BCUT2D eigenvalue weighted by Gasteiger charge is 2.52. The van der Waals surface area contributed by atoms with Crippen LogP contribution in [0.4, 0.5) is 0 Å². The van der Waals surface area contributed by atoms with Gasteiger partial charge in [-0.15, -0.1) is 11.8 Å². The van der Waals surface area contributed by atoms with Gasteiger partial charge in [0.2, 0.25) is 5.91 Å². The van der Waals surface area contributed by atoms with Gasteiger partial charge >= 0.3 is 0 Å². The largest absolute Gasteiger partial charge is 0.319 e. The first-order valence-corrected chi connectivity index (χ1v) is 9.68. The molecule has 2 aliphatic rings. The Morgan fingerprint density at radius 1 is 1.24 bits per heavy atom. The number of nitriles is 2. The first kappa shape index (κ1) is 18.1. The molecule has 1 aromatic carbocycles. The number of amides is 1. The summed E-state index contributed by atoms with van der Waals surface area (Å²) in [6, 6.07) is 9.76. The molecule has 3 rings (SSSR count). The number of halogens is 2. The first-order chi connectivity index (χ1) is 12.0. The van der Waals surface area contributed by atoms with Gasteiger partial charge in [0.1, 0.15) is 5.92 Å². The maximum Gasteiger partial charge on any atom is 0.243 e. The second-order valence-electron chi connectivity index (χ2n) is 6.27. The summed E-state index contributed by atoms with van der Waals surface area (Å²) in [6.07, 6.45) is 3.28. The van der Waals surface area contributed by atoms with Crippen LogP contribution in [0.2, 0.25) is 10.0 Å². The number of hydrogen-bond donors (Lipinski definition) is 1. The van der Waals surface area contributed by atoms with Gasteiger partial charge in [-0.2, -0.15) is 10.5 Å².